The molecule has 0 saturated heterocycles. The summed E-state index contributed by atoms with van der Waals surface area (Å²) in [5.74, 6) is 0. The second-order valence-corrected chi connectivity index (χ2v) is 8.20. The Bertz CT molecular complexity index is 364. The number of rotatable bonds is 3. The normalized spacial score (nSPS) is 22.0. The Hall–Kier alpha value is -0.690. The molecule has 0 N–H and O–H groups in total. The Morgan fingerprint density at radius 1 is 0.857 bits per heavy atom. The molecule has 1 heterocycles. The number of nitrogens with zero attached hydrogens (tertiary/aromatic N) is 3. The highest BCUT2D eigenvalue weighted by Crippen LogP contribution is 2.23. The molecule has 0 aliphatic carbocycles. The fourth-order valence-corrected chi connectivity index (χ4v) is 1.68. The summed E-state index contributed by atoms with van der Waals surface area (Å²) in [6.45, 7) is 18.4. The third-order valence-corrected chi connectivity index (χ3v) is 2.09. The van der Waals surface area contributed by atoms with Gasteiger partial charge in [-0.2, -0.15) is 0 Å². The van der Waals surface area contributed by atoms with Crippen LogP contribution in [0.1, 0.15) is 62.3 Å². The summed E-state index contributed by atoms with van der Waals surface area (Å²) < 4.78 is 5.94. The van der Waals surface area contributed by atoms with Crippen molar-refractivity contribution in [3.05, 3.63) is 0 Å². The molecule has 1 aliphatic heterocycles. The molecule has 0 amide bonds. The molecule has 1 rings (SSSR count). The van der Waals surface area contributed by atoms with Crippen LogP contribution < -0.4 is 0 Å². The molecule has 6 heteroatoms. The lowest BCUT2D eigenvalue weighted by Crippen LogP contribution is -2.53. The van der Waals surface area contributed by atoms with E-state index in [0.717, 1.165) is 0 Å². The van der Waals surface area contributed by atoms with Crippen molar-refractivity contribution in [3.63, 3.8) is 0 Å². The average Bonchev–Trinajstić information content (AvgIpc) is 2.15. The van der Waals surface area contributed by atoms with Crippen LogP contribution in [0.2, 0.25) is 0 Å². The average molecular weight is 301 g/mol. The van der Waals surface area contributed by atoms with Crippen molar-refractivity contribution in [2.75, 3.05) is 6.67 Å². The topological polar surface area (TPSA) is 46.5 Å². The van der Waals surface area contributed by atoms with Crippen LogP contribution in [0.15, 0.2) is 4.99 Å². The van der Waals surface area contributed by atoms with E-state index in [2.05, 4.69) is 4.99 Å². The van der Waals surface area contributed by atoms with Crippen LogP contribution in [0.3, 0.4) is 0 Å². The smallest absolute Gasteiger partial charge is 0.232 e. The Balaban J connectivity index is 2.83. The molecule has 1 unspecified atom stereocenters. The number of ether oxygens (including phenoxy) is 1. The Kier molecular flexibility index (Phi) is 5.42. The van der Waals surface area contributed by atoms with E-state index in [1.54, 1.807) is 16.5 Å². The van der Waals surface area contributed by atoms with E-state index in [1.807, 2.05) is 62.3 Å². The molecular formula is C15H31N3O3. The number of hydrogen-bond acceptors (Lipinski definition) is 6. The van der Waals surface area contributed by atoms with Gasteiger partial charge in [0.2, 0.25) is 6.35 Å². The maximum absolute atomic E-state index is 5.95. The Morgan fingerprint density at radius 2 is 1.38 bits per heavy atom. The fourth-order valence-electron chi connectivity index (χ4n) is 1.68. The van der Waals surface area contributed by atoms with Gasteiger partial charge in [-0.05, 0) is 62.3 Å². The summed E-state index contributed by atoms with van der Waals surface area (Å²) in [7, 11) is 0. The molecule has 0 aromatic rings. The highest BCUT2D eigenvalue weighted by atomic mass is 16.8. The Morgan fingerprint density at radius 3 is 1.81 bits per heavy atom. The van der Waals surface area contributed by atoms with Gasteiger partial charge in [0.05, 0.1) is 16.8 Å². The molecule has 1 atom stereocenters. The number of hydroxylamine groups is 4. The predicted molar refractivity (Wildman–Crippen MR) is 83.3 cm³/mol. The molecule has 0 aromatic heterocycles. The predicted octanol–water partition coefficient (Wildman–Crippen LogP) is 3.15. The van der Waals surface area contributed by atoms with Gasteiger partial charge in [0.15, 0.2) is 0 Å². The first-order chi connectivity index (χ1) is 9.25. The molecule has 1 aliphatic rings. The summed E-state index contributed by atoms with van der Waals surface area (Å²) in [6.07, 6.45) is 1.17. The lowest BCUT2D eigenvalue weighted by Gasteiger charge is -2.41. The second-order valence-electron chi connectivity index (χ2n) is 8.20. The van der Waals surface area contributed by atoms with Gasteiger partial charge in [0, 0.05) is 0 Å². The van der Waals surface area contributed by atoms with Crippen molar-refractivity contribution in [2.24, 2.45) is 4.99 Å². The molecular weight excluding hydrogens is 270 g/mol. The second kappa shape index (κ2) is 6.20. The lowest BCUT2D eigenvalue weighted by atomic mass is 10.2. The summed E-state index contributed by atoms with van der Waals surface area (Å²) >= 11 is 0. The minimum Gasteiger partial charge on any atom is -0.336 e. The minimum absolute atomic E-state index is 0.295. The van der Waals surface area contributed by atoms with E-state index >= 15 is 0 Å². The van der Waals surface area contributed by atoms with E-state index in [4.69, 9.17) is 14.4 Å². The summed E-state index contributed by atoms with van der Waals surface area (Å²) in [6, 6.07) is 0. The van der Waals surface area contributed by atoms with Gasteiger partial charge in [-0.25, -0.2) is 10.1 Å². The standard InChI is InChI=1S/C15H31N3O3/c1-13(2,3)19-12-16-10-17(20-14(4,5)6)11-18(12)21-15(7,8)9/h10,12H,11H2,1-9H3. The zero-order valence-electron chi connectivity index (χ0n) is 14.9. The summed E-state index contributed by atoms with van der Waals surface area (Å²) in [5, 5.41) is 3.37. The van der Waals surface area contributed by atoms with E-state index < -0.39 is 6.35 Å². The number of aliphatic imine (C=N–C) groups is 1. The van der Waals surface area contributed by atoms with E-state index in [9.17, 15) is 0 Å². The molecule has 0 aromatic carbocycles. The molecule has 0 fully saturated rings. The van der Waals surface area contributed by atoms with Crippen molar-refractivity contribution in [1.29, 1.82) is 0 Å². The van der Waals surface area contributed by atoms with Crippen LogP contribution in [-0.4, -0.2) is 46.3 Å². The first kappa shape index (κ1) is 18.4. The molecule has 21 heavy (non-hydrogen) atoms. The van der Waals surface area contributed by atoms with Gasteiger partial charge >= 0.3 is 0 Å². The van der Waals surface area contributed by atoms with Gasteiger partial charge in [-0.1, -0.05) is 0 Å². The monoisotopic (exact) mass is 301 g/mol. The zero-order chi connectivity index (χ0) is 16.5. The quantitative estimate of drug-likeness (QED) is 0.801. The van der Waals surface area contributed by atoms with Crippen LogP contribution in [0.4, 0.5) is 0 Å². The zero-order valence-corrected chi connectivity index (χ0v) is 14.9. The molecule has 0 radical (unpaired) electrons. The lowest BCUT2D eigenvalue weighted by molar-refractivity contribution is -0.350. The van der Waals surface area contributed by atoms with E-state index in [1.165, 1.54) is 0 Å². The van der Waals surface area contributed by atoms with Crippen molar-refractivity contribution >= 4 is 6.34 Å². The van der Waals surface area contributed by atoms with Crippen LogP contribution >= 0.6 is 0 Å². The van der Waals surface area contributed by atoms with Crippen LogP contribution in [0.25, 0.3) is 0 Å². The van der Waals surface area contributed by atoms with Gasteiger partial charge in [0.25, 0.3) is 0 Å². The van der Waals surface area contributed by atoms with Crippen LogP contribution in [0, 0.1) is 0 Å². The summed E-state index contributed by atoms with van der Waals surface area (Å²) in [4.78, 5) is 16.2. The third kappa shape index (κ3) is 7.76. The molecule has 0 spiro atoms. The third-order valence-electron chi connectivity index (χ3n) is 2.09. The Labute approximate surface area is 129 Å². The highest BCUT2D eigenvalue weighted by molar-refractivity contribution is 5.54. The van der Waals surface area contributed by atoms with E-state index in [0.29, 0.717) is 6.67 Å². The first-order valence-corrected chi connectivity index (χ1v) is 7.38. The maximum Gasteiger partial charge on any atom is 0.232 e. The van der Waals surface area contributed by atoms with E-state index in [-0.39, 0.29) is 16.8 Å². The van der Waals surface area contributed by atoms with Crippen molar-refractivity contribution in [1.82, 2.24) is 10.1 Å². The van der Waals surface area contributed by atoms with Crippen LogP contribution in [-0.2, 0) is 14.4 Å². The van der Waals surface area contributed by atoms with Gasteiger partial charge in [-0.15, -0.1) is 5.06 Å². The largest absolute Gasteiger partial charge is 0.336 e. The van der Waals surface area contributed by atoms with Crippen molar-refractivity contribution < 1.29 is 14.4 Å². The minimum atomic E-state index is -0.482. The highest BCUT2D eigenvalue weighted by Gasteiger charge is 2.33. The van der Waals surface area contributed by atoms with Gasteiger partial charge < -0.3 is 4.74 Å². The molecule has 6 nitrogen and oxygen atoms in total. The van der Waals surface area contributed by atoms with Gasteiger partial charge in [-0.3, -0.25) is 9.68 Å². The summed E-state index contributed by atoms with van der Waals surface area (Å²) in [5.41, 5.74) is -0.939. The van der Waals surface area contributed by atoms with Crippen LogP contribution in [0.5, 0.6) is 0 Å². The first-order valence-electron chi connectivity index (χ1n) is 7.38. The maximum atomic E-state index is 5.95. The van der Waals surface area contributed by atoms with Gasteiger partial charge in [0.1, 0.15) is 13.0 Å². The molecule has 124 valence electrons. The number of hydrogen-bond donors (Lipinski definition) is 0. The fraction of sp³-hybridized carbons (Fsp3) is 0.933. The van der Waals surface area contributed by atoms with Crippen molar-refractivity contribution in [3.8, 4) is 0 Å². The molecule has 0 saturated carbocycles. The SMILES string of the molecule is CC(C)(C)OC1N=CN(OC(C)(C)C)CN1OC(C)(C)C. The van der Waals surface area contributed by atoms with Crippen molar-refractivity contribution in [2.45, 2.75) is 85.5 Å². The molecule has 0 bridgehead atoms.